The molecule has 0 bridgehead atoms. The van der Waals surface area contributed by atoms with Crippen LogP contribution >= 0.6 is 11.6 Å². The average molecular weight is 367 g/mol. The number of hydrogen-bond acceptors (Lipinski definition) is 4. The first-order valence-electron chi connectivity index (χ1n) is 7.78. The van der Waals surface area contributed by atoms with Gasteiger partial charge in [0.25, 0.3) is 5.91 Å². The minimum Gasteiger partial charge on any atom is -0.481 e. The molecule has 2 heterocycles. The molecule has 2 aromatic rings. The van der Waals surface area contributed by atoms with Gasteiger partial charge in [0, 0.05) is 13.1 Å². The number of halogens is 2. The molecule has 0 spiro atoms. The highest BCUT2D eigenvalue weighted by Gasteiger charge is 2.31. The van der Waals surface area contributed by atoms with Crippen LogP contribution in [0.25, 0.3) is 5.69 Å². The lowest BCUT2D eigenvalue weighted by Gasteiger charge is -2.30. The molecule has 1 aromatic heterocycles. The van der Waals surface area contributed by atoms with Gasteiger partial charge in [0.15, 0.2) is 5.69 Å². The van der Waals surface area contributed by atoms with Gasteiger partial charge in [-0.1, -0.05) is 16.8 Å². The third kappa shape index (κ3) is 3.34. The molecule has 0 saturated carbocycles. The molecule has 1 amide bonds. The Hall–Kier alpha value is -2.48. The van der Waals surface area contributed by atoms with Crippen LogP contribution in [0.15, 0.2) is 18.2 Å². The molecule has 0 radical (unpaired) electrons. The van der Waals surface area contributed by atoms with Gasteiger partial charge in [0.2, 0.25) is 0 Å². The van der Waals surface area contributed by atoms with Crippen molar-refractivity contribution in [2.24, 2.45) is 5.92 Å². The van der Waals surface area contributed by atoms with E-state index in [2.05, 4.69) is 10.3 Å². The summed E-state index contributed by atoms with van der Waals surface area (Å²) in [6.07, 6.45) is 1.18. The Morgan fingerprint density at radius 2 is 2.16 bits per heavy atom. The van der Waals surface area contributed by atoms with Crippen molar-refractivity contribution in [2.75, 3.05) is 13.1 Å². The number of carboxylic acids is 1. The normalized spacial score (nSPS) is 17.6. The highest BCUT2D eigenvalue weighted by molar-refractivity contribution is 6.30. The fraction of sp³-hybridized carbons (Fsp3) is 0.375. The van der Waals surface area contributed by atoms with E-state index in [0.717, 1.165) is 0 Å². The maximum absolute atomic E-state index is 13.3. The van der Waals surface area contributed by atoms with E-state index >= 15 is 0 Å². The van der Waals surface area contributed by atoms with Gasteiger partial charge in [-0.15, -0.1) is 5.10 Å². The van der Waals surface area contributed by atoms with Crippen molar-refractivity contribution in [1.29, 1.82) is 0 Å². The molecule has 1 fully saturated rings. The van der Waals surface area contributed by atoms with Gasteiger partial charge in [-0.3, -0.25) is 9.59 Å². The van der Waals surface area contributed by atoms with Crippen LogP contribution in [-0.4, -0.2) is 50.0 Å². The molecule has 3 rings (SSSR count). The molecule has 1 aliphatic heterocycles. The summed E-state index contributed by atoms with van der Waals surface area (Å²) < 4.78 is 14.7. The second-order valence-electron chi connectivity index (χ2n) is 5.96. The van der Waals surface area contributed by atoms with Crippen molar-refractivity contribution in [3.8, 4) is 5.69 Å². The number of benzene rings is 1. The van der Waals surface area contributed by atoms with E-state index in [0.29, 0.717) is 30.8 Å². The minimum atomic E-state index is -0.904. The van der Waals surface area contributed by atoms with E-state index < -0.39 is 17.7 Å². The SMILES string of the molecule is Cc1c(C(=O)N2CCC[C@H](C(=O)O)C2)nnn1-c1ccc(F)c(Cl)c1. The molecule has 132 valence electrons. The Morgan fingerprint density at radius 1 is 1.40 bits per heavy atom. The molecule has 1 aliphatic rings. The summed E-state index contributed by atoms with van der Waals surface area (Å²) in [6, 6.07) is 4.09. The molecule has 25 heavy (non-hydrogen) atoms. The second kappa shape index (κ2) is 6.79. The van der Waals surface area contributed by atoms with Crippen LogP contribution in [0.4, 0.5) is 4.39 Å². The van der Waals surface area contributed by atoms with Crippen molar-refractivity contribution < 1.29 is 19.1 Å². The summed E-state index contributed by atoms with van der Waals surface area (Å²) in [5.74, 6) is -2.38. The molecule has 1 aromatic carbocycles. The Balaban J connectivity index is 1.86. The highest BCUT2D eigenvalue weighted by atomic mass is 35.5. The fourth-order valence-corrected chi connectivity index (χ4v) is 3.08. The van der Waals surface area contributed by atoms with Crippen molar-refractivity contribution in [3.63, 3.8) is 0 Å². The number of amides is 1. The van der Waals surface area contributed by atoms with E-state index in [4.69, 9.17) is 16.7 Å². The van der Waals surface area contributed by atoms with Crippen LogP contribution in [0, 0.1) is 18.7 Å². The predicted octanol–water partition coefficient (Wildman–Crippen LogP) is 2.31. The molecular weight excluding hydrogens is 351 g/mol. The number of carboxylic acid groups (broad SMARTS) is 1. The summed E-state index contributed by atoms with van der Waals surface area (Å²) in [6.45, 7) is 2.31. The number of nitrogens with zero attached hydrogens (tertiary/aromatic N) is 4. The zero-order chi connectivity index (χ0) is 18.1. The van der Waals surface area contributed by atoms with Crippen LogP contribution < -0.4 is 0 Å². The number of hydrogen-bond donors (Lipinski definition) is 1. The standard InChI is InChI=1S/C16H16ClFN4O3/c1-9-14(15(23)21-6-2-3-10(8-21)16(24)25)19-20-22(9)11-4-5-13(18)12(17)7-11/h4-5,7,10H,2-3,6,8H2,1H3,(H,24,25)/t10-/m0/s1. The van der Waals surface area contributed by atoms with Crippen molar-refractivity contribution in [3.05, 3.63) is 40.4 Å². The third-order valence-corrected chi connectivity index (χ3v) is 4.59. The van der Waals surface area contributed by atoms with Crippen LogP contribution in [0.2, 0.25) is 5.02 Å². The van der Waals surface area contributed by atoms with Gasteiger partial charge in [0.05, 0.1) is 22.3 Å². The Labute approximate surface area is 148 Å². The van der Waals surface area contributed by atoms with Crippen molar-refractivity contribution in [2.45, 2.75) is 19.8 Å². The lowest BCUT2D eigenvalue weighted by atomic mass is 9.98. The van der Waals surface area contributed by atoms with Gasteiger partial charge in [-0.25, -0.2) is 9.07 Å². The molecule has 7 nitrogen and oxygen atoms in total. The monoisotopic (exact) mass is 366 g/mol. The Kier molecular flexibility index (Phi) is 4.71. The summed E-state index contributed by atoms with van der Waals surface area (Å²) in [7, 11) is 0. The van der Waals surface area contributed by atoms with Crippen LogP contribution in [0.1, 0.15) is 29.0 Å². The van der Waals surface area contributed by atoms with Crippen molar-refractivity contribution in [1.82, 2.24) is 19.9 Å². The number of rotatable bonds is 3. The summed E-state index contributed by atoms with van der Waals surface area (Å²) in [5, 5.41) is 17.0. The van der Waals surface area contributed by atoms with Gasteiger partial charge >= 0.3 is 5.97 Å². The number of carbonyl (C=O) groups excluding carboxylic acids is 1. The molecule has 0 unspecified atom stereocenters. The minimum absolute atomic E-state index is 0.0550. The maximum atomic E-state index is 13.3. The Morgan fingerprint density at radius 3 is 2.84 bits per heavy atom. The largest absolute Gasteiger partial charge is 0.481 e. The predicted molar refractivity (Wildman–Crippen MR) is 87.3 cm³/mol. The van der Waals surface area contributed by atoms with E-state index in [1.165, 1.54) is 27.8 Å². The molecular formula is C16H16ClFN4O3. The second-order valence-corrected chi connectivity index (χ2v) is 6.37. The Bertz CT molecular complexity index is 839. The van der Waals surface area contributed by atoms with Crippen LogP contribution in [-0.2, 0) is 4.79 Å². The van der Waals surface area contributed by atoms with Crippen molar-refractivity contribution >= 4 is 23.5 Å². The zero-order valence-electron chi connectivity index (χ0n) is 13.4. The summed E-state index contributed by atoms with van der Waals surface area (Å²) in [4.78, 5) is 25.3. The first kappa shape index (κ1) is 17.3. The number of piperidine rings is 1. The lowest BCUT2D eigenvalue weighted by Crippen LogP contribution is -2.42. The van der Waals surface area contributed by atoms with Crippen LogP contribution in [0.3, 0.4) is 0 Å². The number of aliphatic carboxylic acids is 1. The molecule has 1 N–H and O–H groups in total. The topological polar surface area (TPSA) is 88.3 Å². The quantitative estimate of drug-likeness (QED) is 0.900. The van der Waals surface area contributed by atoms with Crippen LogP contribution in [0.5, 0.6) is 0 Å². The smallest absolute Gasteiger partial charge is 0.308 e. The number of aromatic nitrogens is 3. The lowest BCUT2D eigenvalue weighted by molar-refractivity contribution is -0.143. The van der Waals surface area contributed by atoms with Gasteiger partial charge < -0.3 is 10.0 Å². The summed E-state index contributed by atoms with van der Waals surface area (Å²) >= 11 is 5.79. The molecule has 1 atom stereocenters. The number of likely N-dealkylation sites (tertiary alicyclic amines) is 1. The van der Waals surface area contributed by atoms with Gasteiger partial charge in [-0.05, 0) is 38.0 Å². The number of carbonyl (C=O) groups is 2. The third-order valence-electron chi connectivity index (χ3n) is 4.30. The van der Waals surface area contributed by atoms with E-state index in [-0.39, 0.29) is 23.2 Å². The fourth-order valence-electron chi connectivity index (χ4n) is 2.90. The van der Waals surface area contributed by atoms with Gasteiger partial charge in [-0.2, -0.15) is 0 Å². The highest BCUT2D eigenvalue weighted by Crippen LogP contribution is 2.22. The van der Waals surface area contributed by atoms with Gasteiger partial charge in [0.1, 0.15) is 5.82 Å². The zero-order valence-corrected chi connectivity index (χ0v) is 14.2. The molecule has 0 aliphatic carbocycles. The van der Waals surface area contributed by atoms with E-state index in [1.54, 1.807) is 6.92 Å². The average Bonchev–Trinajstić information content (AvgIpc) is 2.98. The van der Waals surface area contributed by atoms with E-state index in [1.807, 2.05) is 0 Å². The first-order chi connectivity index (χ1) is 11.9. The molecule has 9 heteroatoms. The maximum Gasteiger partial charge on any atom is 0.308 e. The molecule has 1 saturated heterocycles. The van der Waals surface area contributed by atoms with E-state index in [9.17, 15) is 14.0 Å². The first-order valence-corrected chi connectivity index (χ1v) is 8.16. The summed E-state index contributed by atoms with van der Waals surface area (Å²) in [5.41, 5.74) is 1.11.